The Morgan fingerprint density at radius 1 is 1.06 bits per heavy atom. The van der Waals surface area contributed by atoms with Crippen LogP contribution in [0.1, 0.15) is 90.4 Å². The molecule has 4 aromatic rings. The molecule has 3 aromatic carbocycles. The summed E-state index contributed by atoms with van der Waals surface area (Å²) in [5.74, 6) is -1.74. The first kappa shape index (κ1) is 34.1. The highest BCUT2D eigenvalue weighted by Gasteiger charge is 2.31. The van der Waals surface area contributed by atoms with Gasteiger partial charge in [0, 0.05) is 54.4 Å². The second kappa shape index (κ2) is 15.6. The van der Waals surface area contributed by atoms with Crippen LogP contribution in [0.4, 0.5) is 0 Å². The zero-order chi connectivity index (χ0) is 34.2. The maximum absolute atomic E-state index is 13.6. The summed E-state index contributed by atoms with van der Waals surface area (Å²) < 4.78 is 11.0. The van der Waals surface area contributed by atoms with Crippen molar-refractivity contribution in [1.29, 1.82) is 0 Å². The number of phenolic OH excluding ortho intramolecular Hbond substituents is 3. The van der Waals surface area contributed by atoms with Gasteiger partial charge in [0.1, 0.15) is 34.3 Å². The van der Waals surface area contributed by atoms with Gasteiger partial charge in [-0.1, -0.05) is 24.3 Å². The lowest BCUT2D eigenvalue weighted by atomic mass is 9.84. The number of aromatic hydroxyl groups is 3. The van der Waals surface area contributed by atoms with E-state index in [4.69, 9.17) is 9.47 Å². The molecule has 1 aliphatic heterocycles. The minimum atomic E-state index is -0.834. The van der Waals surface area contributed by atoms with Crippen LogP contribution >= 0.6 is 0 Å². The molecule has 10 heteroatoms. The monoisotopic (exact) mass is 654 g/mol. The van der Waals surface area contributed by atoms with Crippen molar-refractivity contribution in [3.8, 4) is 23.0 Å². The number of phenols is 3. The van der Waals surface area contributed by atoms with Crippen molar-refractivity contribution >= 4 is 34.6 Å². The molecule has 0 fully saturated rings. The zero-order valence-electron chi connectivity index (χ0n) is 27.3. The van der Waals surface area contributed by atoms with Gasteiger partial charge in [0.05, 0.1) is 13.2 Å². The van der Waals surface area contributed by atoms with Gasteiger partial charge in [0.25, 0.3) is 0 Å². The fourth-order valence-electron chi connectivity index (χ4n) is 6.21. The Hall–Kier alpha value is -5.25. The number of H-pyrrole nitrogens is 1. The smallest absolute Gasteiger partial charge is 0.342 e. The van der Waals surface area contributed by atoms with Gasteiger partial charge in [-0.3, -0.25) is 9.59 Å². The second-order valence-corrected chi connectivity index (χ2v) is 12.2. The van der Waals surface area contributed by atoms with Crippen molar-refractivity contribution in [3.05, 3.63) is 88.6 Å². The van der Waals surface area contributed by atoms with Crippen LogP contribution in [0.3, 0.4) is 0 Å². The molecule has 0 spiro atoms. The van der Waals surface area contributed by atoms with Crippen LogP contribution in [0, 0.1) is 0 Å². The number of carbonyl (C=O) groups is 3. The maximum atomic E-state index is 13.6. The lowest BCUT2D eigenvalue weighted by Gasteiger charge is -2.23. The lowest BCUT2D eigenvalue weighted by molar-refractivity contribution is -0.121. The molecule has 1 aromatic heterocycles. The number of ketones is 1. The normalized spacial score (nSPS) is 16.5. The number of aromatic amines is 1. The summed E-state index contributed by atoms with van der Waals surface area (Å²) in [5, 5.41) is 36.9. The van der Waals surface area contributed by atoms with E-state index in [0.29, 0.717) is 62.8 Å². The molecule has 5 rings (SSSR count). The summed E-state index contributed by atoms with van der Waals surface area (Å²) in [6.07, 6.45) is 8.31. The molecular weight excluding hydrogens is 612 g/mol. The van der Waals surface area contributed by atoms with Crippen molar-refractivity contribution in [2.75, 3.05) is 13.7 Å². The molecule has 5 N–H and O–H groups in total. The zero-order valence-corrected chi connectivity index (χ0v) is 27.3. The number of allylic oxidation sites excluding steroid dienone is 1. The van der Waals surface area contributed by atoms with Gasteiger partial charge in [-0.25, -0.2) is 4.79 Å². The minimum absolute atomic E-state index is 0.0332. The first-order valence-corrected chi connectivity index (χ1v) is 16.3. The first-order valence-electron chi connectivity index (χ1n) is 16.3. The Labute approximate surface area is 279 Å². The van der Waals surface area contributed by atoms with E-state index >= 15 is 0 Å². The van der Waals surface area contributed by atoms with E-state index in [1.807, 2.05) is 6.20 Å². The molecule has 0 saturated heterocycles. The molecule has 10 nitrogen and oxygen atoms in total. The average Bonchev–Trinajstić information content (AvgIpc) is 3.45. The molecule has 1 amide bonds. The number of esters is 1. The molecule has 2 unspecified atom stereocenters. The standard InChI is InChI=1S/C38H42N2O8/c1-23-7-6-10-27(41)9-5-3-4-8-25-19-33(43)36(37(45)35(25)38(46)48-23)31(24-11-14-29(47-2)15-12-24)21-34(44)39-18-17-26-22-40-32-16-13-28(42)20-30(26)32/h4,8,11-16,19-20,22-23,31,40,42-43,45H,3,5-7,9-10,17-18,21H2,1-2H3,(H,39,44). The Bertz CT molecular complexity index is 1810. The molecule has 252 valence electrons. The summed E-state index contributed by atoms with van der Waals surface area (Å²) in [7, 11) is 1.54. The SMILES string of the molecule is COc1ccc(C(CC(=O)NCCc2c[nH]c3ccc(O)cc23)c2c(O)cc3c(c2O)C(=O)OC(C)CCCC(=O)CCCC=C3)cc1. The highest BCUT2D eigenvalue weighted by molar-refractivity contribution is 5.98. The predicted octanol–water partition coefficient (Wildman–Crippen LogP) is 6.66. The summed E-state index contributed by atoms with van der Waals surface area (Å²) in [6.45, 7) is 2.05. The Morgan fingerprint density at radius 2 is 1.83 bits per heavy atom. The van der Waals surface area contributed by atoms with E-state index in [0.717, 1.165) is 16.5 Å². The van der Waals surface area contributed by atoms with Crippen molar-refractivity contribution < 1.29 is 39.2 Å². The van der Waals surface area contributed by atoms with Gasteiger partial charge in [0.15, 0.2) is 0 Å². The van der Waals surface area contributed by atoms with Gasteiger partial charge in [-0.15, -0.1) is 0 Å². The van der Waals surface area contributed by atoms with E-state index < -0.39 is 23.7 Å². The number of methoxy groups -OCH3 is 1. The first-order chi connectivity index (χ1) is 23.1. The minimum Gasteiger partial charge on any atom is -0.508 e. The number of aromatic nitrogens is 1. The van der Waals surface area contributed by atoms with Gasteiger partial charge < -0.3 is 35.1 Å². The fraction of sp³-hybridized carbons (Fsp3) is 0.342. The number of benzene rings is 3. The number of rotatable bonds is 8. The largest absolute Gasteiger partial charge is 0.508 e. The fourth-order valence-corrected chi connectivity index (χ4v) is 6.21. The maximum Gasteiger partial charge on any atom is 0.342 e. The average molecular weight is 655 g/mol. The molecule has 48 heavy (non-hydrogen) atoms. The number of Topliss-reactive ketones (excluding diaryl/α,β-unsaturated/α-hetero) is 1. The molecule has 2 atom stereocenters. The summed E-state index contributed by atoms with van der Waals surface area (Å²) in [5.41, 5.74) is 2.64. The number of hydrogen-bond acceptors (Lipinski definition) is 8. The van der Waals surface area contributed by atoms with Crippen LogP contribution < -0.4 is 10.1 Å². The molecule has 0 aliphatic carbocycles. The Morgan fingerprint density at radius 3 is 2.60 bits per heavy atom. The molecule has 1 aliphatic rings. The molecule has 0 saturated carbocycles. The molecule has 0 radical (unpaired) electrons. The highest BCUT2D eigenvalue weighted by Crippen LogP contribution is 2.44. The second-order valence-electron chi connectivity index (χ2n) is 12.2. The van der Waals surface area contributed by atoms with E-state index in [1.54, 1.807) is 68.7 Å². The van der Waals surface area contributed by atoms with E-state index in [-0.39, 0.29) is 46.3 Å². The van der Waals surface area contributed by atoms with E-state index in [2.05, 4.69) is 10.3 Å². The van der Waals surface area contributed by atoms with Gasteiger partial charge in [-0.05, 0) is 92.1 Å². The van der Waals surface area contributed by atoms with Gasteiger partial charge in [-0.2, -0.15) is 0 Å². The number of ether oxygens (including phenoxy) is 2. The van der Waals surface area contributed by atoms with Crippen LogP contribution in [-0.4, -0.2) is 57.7 Å². The molecule has 0 bridgehead atoms. The third-order valence-corrected chi connectivity index (χ3v) is 8.77. The third-order valence-electron chi connectivity index (χ3n) is 8.77. The topological polar surface area (TPSA) is 158 Å². The summed E-state index contributed by atoms with van der Waals surface area (Å²) in [4.78, 5) is 42.4. The number of hydrogen-bond donors (Lipinski definition) is 5. The van der Waals surface area contributed by atoms with Gasteiger partial charge in [0.2, 0.25) is 5.91 Å². The third kappa shape index (κ3) is 8.17. The van der Waals surface area contributed by atoms with E-state index in [1.165, 1.54) is 6.07 Å². The summed E-state index contributed by atoms with van der Waals surface area (Å²) in [6, 6.07) is 13.4. The number of cyclic esters (lactones) is 1. The van der Waals surface area contributed by atoms with Crippen LogP contribution in [-0.2, 0) is 20.7 Å². The number of amides is 1. The predicted molar refractivity (Wildman–Crippen MR) is 183 cm³/mol. The quantitative estimate of drug-likeness (QED) is 0.132. The number of carbonyl (C=O) groups excluding carboxylic acids is 3. The Kier molecular flexibility index (Phi) is 11.1. The van der Waals surface area contributed by atoms with Crippen molar-refractivity contribution in [3.63, 3.8) is 0 Å². The highest BCUT2D eigenvalue weighted by atomic mass is 16.5. The Balaban J connectivity index is 1.46. The van der Waals surface area contributed by atoms with Crippen LogP contribution in [0.5, 0.6) is 23.0 Å². The van der Waals surface area contributed by atoms with Crippen molar-refractivity contribution in [2.24, 2.45) is 0 Å². The molecule has 2 heterocycles. The van der Waals surface area contributed by atoms with Crippen molar-refractivity contribution in [1.82, 2.24) is 10.3 Å². The van der Waals surface area contributed by atoms with Crippen molar-refractivity contribution in [2.45, 2.75) is 70.3 Å². The van der Waals surface area contributed by atoms with Crippen LogP contribution in [0.25, 0.3) is 17.0 Å². The van der Waals surface area contributed by atoms with Gasteiger partial charge >= 0.3 is 5.97 Å². The lowest BCUT2D eigenvalue weighted by Crippen LogP contribution is -2.27. The summed E-state index contributed by atoms with van der Waals surface area (Å²) >= 11 is 0. The molecular formula is C38H42N2O8. The number of nitrogens with one attached hydrogen (secondary N) is 2. The number of fused-ring (bicyclic) bond motifs is 2. The van der Waals surface area contributed by atoms with Crippen LogP contribution in [0.15, 0.2) is 60.8 Å². The van der Waals surface area contributed by atoms with E-state index in [9.17, 15) is 29.7 Å². The van der Waals surface area contributed by atoms with Crippen LogP contribution in [0.2, 0.25) is 0 Å².